The number of rotatable bonds is 6. The van der Waals surface area contributed by atoms with E-state index in [1.807, 2.05) is 29.1 Å². The van der Waals surface area contributed by atoms with Crippen LogP contribution in [0.4, 0.5) is 5.82 Å². The number of nitrogens with two attached hydrogens (primary N) is 1. The Labute approximate surface area is 120 Å². The molecule has 0 atom stereocenters. The molecule has 0 amide bonds. The molecule has 5 nitrogen and oxygen atoms in total. The van der Waals surface area contributed by atoms with Gasteiger partial charge in [0.15, 0.2) is 0 Å². The fourth-order valence-electron chi connectivity index (χ4n) is 1.64. The van der Waals surface area contributed by atoms with Crippen LogP contribution in [0.3, 0.4) is 0 Å². The lowest BCUT2D eigenvalue weighted by molar-refractivity contribution is 0.296. The first-order valence-electron chi connectivity index (χ1n) is 5.94. The molecule has 6 heteroatoms. The first kappa shape index (κ1) is 13.7. The van der Waals surface area contributed by atoms with Crippen molar-refractivity contribution in [3.8, 4) is 11.5 Å². The van der Waals surface area contributed by atoms with Gasteiger partial charge >= 0.3 is 0 Å². The highest BCUT2D eigenvalue weighted by atomic mass is 79.9. The molecule has 0 unspecified atom stereocenters. The molecule has 102 valence electrons. The smallest absolute Gasteiger partial charge is 0.145 e. The van der Waals surface area contributed by atoms with E-state index in [-0.39, 0.29) is 0 Å². The van der Waals surface area contributed by atoms with Gasteiger partial charge in [-0.3, -0.25) is 4.68 Å². The van der Waals surface area contributed by atoms with Crippen LogP contribution in [0.2, 0.25) is 0 Å². The zero-order valence-corrected chi connectivity index (χ0v) is 12.3. The third kappa shape index (κ3) is 3.89. The van der Waals surface area contributed by atoms with Crippen LogP contribution >= 0.6 is 15.9 Å². The summed E-state index contributed by atoms with van der Waals surface area (Å²) >= 11 is 3.45. The Kier molecular flexibility index (Phi) is 4.68. The SMILES string of the molecule is COc1ccc(OCCCn2ccc(N)n2)c(Br)c1. The molecule has 1 aromatic heterocycles. The van der Waals surface area contributed by atoms with Gasteiger partial charge in [0.25, 0.3) is 0 Å². The van der Waals surface area contributed by atoms with E-state index in [0.29, 0.717) is 12.4 Å². The quantitative estimate of drug-likeness (QED) is 0.829. The van der Waals surface area contributed by atoms with Crippen molar-refractivity contribution in [2.75, 3.05) is 19.5 Å². The van der Waals surface area contributed by atoms with E-state index in [4.69, 9.17) is 15.2 Å². The summed E-state index contributed by atoms with van der Waals surface area (Å²) in [6, 6.07) is 7.41. The topological polar surface area (TPSA) is 62.3 Å². The molecule has 0 aliphatic rings. The van der Waals surface area contributed by atoms with E-state index < -0.39 is 0 Å². The molecule has 2 rings (SSSR count). The van der Waals surface area contributed by atoms with Crippen molar-refractivity contribution in [1.82, 2.24) is 9.78 Å². The molecular formula is C13H16BrN3O2. The standard InChI is InChI=1S/C13H16BrN3O2/c1-18-10-3-4-12(11(14)9-10)19-8-2-6-17-7-5-13(15)16-17/h3-5,7,9H,2,6,8H2,1H3,(H2,15,16). The highest BCUT2D eigenvalue weighted by Gasteiger charge is 2.03. The minimum atomic E-state index is 0.541. The number of hydrogen-bond acceptors (Lipinski definition) is 4. The second kappa shape index (κ2) is 6.47. The van der Waals surface area contributed by atoms with Gasteiger partial charge in [-0.25, -0.2) is 0 Å². The van der Waals surface area contributed by atoms with Gasteiger partial charge in [-0.05, 0) is 40.2 Å². The van der Waals surface area contributed by atoms with Gasteiger partial charge in [0, 0.05) is 19.2 Å². The third-order valence-corrected chi connectivity index (χ3v) is 3.21. The summed E-state index contributed by atoms with van der Waals surface area (Å²) < 4.78 is 13.5. The zero-order valence-electron chi connectivity index (χ0n) is 10.7. The van der Waals surface area contributed by atoms with Crippen LogP contribution in [-0.2, 0) is 6.54 Å². The molecule has 2 aromatic rings. The number of aromatic nitrogens is 2. The lowest BCUT2D eigenvalue weighted by Gasteiger charge is -2.09. The maximum absolute atomic E-state index is 5.69. The fourth-order valence-corrected chi connectivity index (χ4v) is 2.11. The van der Waals surface area contributed by atoms with Gasteiger partial charge in [-0.15, -0.1) is 0 Å². The monoisotopic (exact) mass is 325 g/mol. The summed E-state index contributed by atoms with van der Waals surface area (Å²) in [5.74, 6) is 2.14. The van der Waals surface area contributed by atoms with E-state index in [2.05, 4.69) is 21.0 Å². The summed E-state index contributed by atoms with van der Waals surface area (Å²) in [4.78, 5) is 0. The minimum Gasteiger partial charge on any atom is -0.497 e. The highest BCUT2D eigenvalue weighted by Crippen LogP contribution is 2.29. The van der Waals surface area contributed by atoms with Crippen molar-refractivity contribution in [3.63, 3.8) is 0 Å². The first-order valence-corrected chi connectivity index (χ1v) is 6.73. The molecule has 0 aliphatic heterocycles. The average Bonchev–Trinajstić information content (AvgIpc) is 2.82. The van der Waals surface area contributed by atoms with Crippen molar-refractivity contribution in [3.05, 3.63) is 34.9 Å². The van der Waals surface area contributed by atoms with Crippen molar-refractivity contribution >= 4 is 21.7 Å². The highest BCUT2D eigenvalue weighted by molar-refractivity contribution is 9.10. The molecule has 1 heterocycles. The number of anilines is 1. The van der Waals surface area contributed by atoms with Gasteiger partial charge in [0.2, 0.25) is 0 Å². The normalized spacial score (nSPS) is 10.4. The van der Waals surface area contributed by atoms with E-state index in [9.17, 15) is 0 Å². The molecule has 0 radical (unpaired) electrons. The number of nitrogen functional groups attached to an aromatic ring is 1. The Morgan fingerprint density at radius 3 is 2.84 bits per heavy atom. The predicted molar refractivity (Wildman–Crippen MR) is 77.4 cm³/mol. The van der Waals surface area contributed by atoms with Gasteiger partial charge in [0.05, 0.1) is 18.2 Å². The van der Waals surface area contributed by atoms with Crippen LogP contribution in [0.5, 0.6) is 11.5 Å². The van der Waals surface area contributed by atoms with Crippen LogP contribution < -0.4 is 15.2 Å². The number of aryl methyl sites for hydroxylation is 1. The van der Waals surface area contributed by atoms with Crippen molar-refractivity contribution in [1.29, 1.82) is 0 Å². The average molecular weight is 326 g/mol. The Balaban J connectivity index is 1.79. The first-order chi connectivity index (χ1) is 9.19. The van der Waals surface area contributed by atoms with Crippen LogP contribution in [0.1, 0.15) is 6.42 Å². The fraction of sp³-hybridized carbons (Fsp3) is 0.308. The largest absolute Gasteiger partial charge is 0.497 e. The summed E-state index contributed by atoms with van der Waals surface area (Å²) in [5, 5.41) is 4.11. The maximum Gasteiger partial charge on any atom is 0.145 e. The number of ether oxygens (including phenoxy) is 2. The molecular weight excluding hydrogens is 310 g/mol. The van der Waals surface area contributed by atoms with Gasteiger partial charge in [-0.1, -0.05) is 0 Å². The van der Waals surface area contributed by atoms with Crippen molar-refractivity contribution < 1.29 is 9.47 Å². The van der Waals surface area contributed by atoms with Crippen LogP contribution in [0.25, 0.3) is 0 Å². The molecule has 1 aromatic carbocycles. The van der Waals surface area contributed by atoms with Gasteiger partial charge in [-0.2, -0.15) is 5.10 Å². The van der Waals surface area contributed by atoms with Crippen LogP contribution in [0.15, 0.2) is 34.9 Å². The van der Waals surface area contributed by atoms with Crippen LogP contribution in [-0.4, -0.2) is 23.5 Å². The number of hydrogen-bond donors (Lipinski definition) is 1. The Morgan fingerprint density at radius 2 is 2.21 bits per heavy atom. The van der Waals surface area contributed by atoms with E-state index >= 15 is 0 Å². The van der Waals surface area contributed by atoms with Crippen molar-refractivity contribution in [2.45, 2.75) is 13.0 Å². The van der Waals surface area contributed by atoms with Crippen LogP contribution in [0, 0.1) is 0 Å². The molecule has 2 N–H and O–H groups in total. The van der Waals surface area contributed by atoms with Crippen molar-refractivity contribution in [2.24, 2.45) is 0 Å². The molecule has 0 aliphatic carbocycles. The predicted octanol–water partition coefficient (Wildman–Crippen LogP) is 2.71. The minimum absolute atomic E-state index is 0.541. The van der Waals surface area contributed by atoms with Gasteiger partial charge in [0.1, 0.15) is 17.3 Å². The number of methoxy groups -OCH3 is 1. The van der Waals surface area contributed by atoms with E-state index in [1.54, 1.807) is 13.2 Å². The molecule has 0 spiro atoms. The van der Waals surface area contributed by atoms with Gasteiger partial charge < -0.3 is 15.2 Å². The third-order valence-electron chi connectivity index (χ3n) is 2.59. The molecule has 0 saturated heterocycles. The maximum atomic E-state index is 5.69. The lowest BCUT2D eigenvalue weighted by atomic mass is 10.3. The lowest BCUT2D eigenvalue weighted by Crippen LogP contribution is -2.05. The second-order valence-corrected chi connectivity index (χ2v) is 4.86. The molecule has 0 fully saturated rings. The molecule has 0 saturated carbocycles. The number of halogens is 1. The number of benzene rings is 1. The summed E-state index contributed by atoms with van der Waals surface area (Å²) in [6.07, 6.45) is 2.72. The van der Waals surface area contributed by atoms with E-state index in [0.717, 1.165) is 28.9 Å². The Hall–Kier alpha value is -1.69. The van der Waals surface area contributed by atoms with E-state index in [1.165, 1.54) is 0 Å². The summed E-state index contributed by atoms with van der Waals surface area (Å²) in [5.41, 5.74) is 5.54. The molecule has 19 heavy (non-hydrogen) atoms. The molecule has 0 bridgehead atoms. The number of nitrogens with zero attached hydrogens (tertiary/aromatic N) is 2. The summed E-state index contributed by atoms with van der Waals surface area (Å²) in [7, 11) is 1.64. The Morgan fingerprint density at radius 1 is 1.37 bits per heavy atom. The summed E-state index contributed by atoms with van der Waals surface area (Å²) in [6.45, 7) is 1.40. The second-order valence-electron chi connectivity index (χ2n) is 4.00. The zero-order chi connectivity index (χ0) is 13.7. The Bertz CT molecular complexity index is 542.